The topological polar surface area (TPSA) is 15.3 Å². The lowest BCUT2D eigenvalue weighted by molar-refractivity contribution is 0.309. The minimum atomic E-state index is 0.846. The van der Waals surface area contributed by atoms with Crippen molar-refractivity contribution in [2.45, 2.75) is 37.6 Å². The molecule has 108 valence electrons. The molecule has 3 aliphatic rings. The van der Waals surface area contributed by atoms with Crippen LogP contribution in [0.3, 0.4) is 0 Å². The molecule has 1 aromatic carbocycles. The molecule has 0 bridgehead atoms. The standard InChI is InChI=1S/C18H26N2/c1-20(11-10-19-14-7-8-14)12-17-16-9-6-13-4-2-3-5-15(13)18(16)17/h2-5,14,16-19H,6-12H2,1H3. The van der Waals surface area contributed by atoms with Crippen LogP contribution >= 0.6 is 0 Å². The van der Waals surface area contributed by atoms with E-state index in [1.54, 1.807) is 11.1 Å². The molecule has 2 fully saturated rings. The fourth-order valence-electron chi connectivity index (χ4n) is 4.16. The first kappa shape index (κ1) is 12.8. The number of nitrogens with one attached hydrogen (secondary N) is 1. The van der Waals surface area contributed by atoms with Crippen LogP contribution in [0, 0.1) is 11.8 Å². The molecule has 0 heterocycles. The lowest BCUT2D eigenvalue weighted by Crippen LogP contribution is -2.31. The summed E-state index contributed by atoms with van der Waals surface area (Å²) < 4.78 is 0. The monoisotopic (exact) mass is 270 g/mol. The molecule has 2 saturated carbocycles. The van der Waals surface area contributed by atoms with Crippen molar-refractivity contribution < 1.29 is 0 Å². The predicted octanol–water partition coefficient (Wildman–Crippen LogP) is 2.65. The molecule has 0 aromatic heterocycles. The molecule has 2 heteroatoms. The van der Waals surface area contributed by atoms with Gasteiger partial charge >= 0.3 is 0 Å². The normalized spacial score (nSPS) is 31.0. The van der Waals surface area contributed by atoms with Crippen molar-refractivity contribution >= 4 is 0 Å². The molecule has 3 atom stereocenters. The first-order chi connectivity index (χ1) is 9.83. The van der Waals surface area contributed by atoms with Crippen molar-refractivity contribution in [2.24, 2.45) is 11.8 Å². The van der Waals surface area contributed by atoms with Crippen LogP contribution in [-0.2, 0) is 6.42 Å². The van der Waals surface area contributed by atoms with Crippen molar-refractivity contribution in [2.75, 3.05) is 26.7 Å². The maximum Gasteiger partial charge on any atom is 0.0104 e. The number of benzene rings is 1. The van der Waals surface area contributed by atoms with Gasteiger partial charge in [-0.05, 0) is 61.6 Å². The summed E-state index contributed by atoms with van der Waals surface area (Å²) in [6.45, 7) is 3.66. The van der Waals surface area contributed by atoms with E-state index in [0.717, 1.165) is 23.8 Å². The molecule has 20 heavy (non-hydrogen) atoms. The van der Waals surface area contributed by atoms with Gasteiger partial charge in [-0.25, -0.2) is 0 Å². The number of fused-ring (bicyclic) bond motifs is 3. The fourth-order valence-corrected chi connectivity index (χ4v) is 4.16. The molecule has 4 rings (SSSR count). The van der Waals surface area contributed by atoms with Gasteiger partial charge in [-0.2, -0.15) is 0 Å². The Labute approximate surface area is 122 Å². The molecule has 2 nitrogen and oxygen atoms in total. The van der Waals surface area contributed by atoms with E-state index in [1.165, 1.54) is 45.3 Å². The maximum absolute atomic E-state index is 3.62. The number of hydrogen-bond donors (Lipinski definition) is 1. The Morgan fingerprint density at radius 1 is 1.20 bits per heavy atom. The number of rotatable bonds is 6. The van der Waals surface area contributed by atoms with Gasteiger partial charge in [0.15, 0.2) is 0 Å². The molecule has 0 spiro atoms. The van der Waals surface area contributed by atoms with E-state index in [2.05, 4.69) is 41.5 Å². The lowest BCUT2D eigenvalue weighted by atomic mass is 9.92. The third-order valence-electron chi connectivity index (χ3n) is 5.52. The first-order valence-corrected chi connectivity index (χ1v) is 8.32. The Kier molecular flexibility index (Phi) is 3.31. The van der Waals surface area contributed by atoms with Crippen molar-refractivity contribution in [3.8, 4) is 0 Å². The third kappa shape index (κ3) is 2.51. The molecule has 3 unspecified atom stereocenters. The van der Waals surface area contributed by atoms with Gasteiger partial charge in [0.05, 0.1) is 0 Å². The predicted molar refractivity (Wildman–Crippen MR) is 83.0 cm³/mol. The van der Waals surface area contributed by atoms with Crippen LogP contribution in [0.1, 0.15) is 36.3 Å². The second-order valence-electron chi connectivity index (χ2n) is 7.08. The fraction of sp³-hybridized carbons (Fsp3) is 0.667. The molecule has 0 saturated heterocycles. The van der Waals surface area contributed by atoms with E-state index in [-0.39, 0.29) is 0 Å². The summed E-state index contributed by atoms with van der Waals surface area (Å²) in [7, 11) is 2.30. The summed E-state index contributed by atoms with van der Waals surface area (Å²) in [4.78, 5) is 2.54. The smallest absolute Gasteiger partial charge is 0.0104 e. The van der Waals surface area contributed by atoms with Crippen molar-refractivity contribution in [1.29, 1.82) is 0 Å². The summed E-state index contributed by atoms with van der Waals surface area (Å²) >= 11 is 0. The van der Waals surface area contributed by atoms with Crippen molar-refractivity contribution in [3.63, 3.8) is 0 Å². The minimum Gasteiger partial charge on any atom is -0.313 e. The van der Waals surface area contributed by atoms with Crippen LogP contribution in [-0.4, -0.2) is 37.6 Å². The third-order valence-corrected chi connectivity index (χ3v) is 5.52. The zero-order valence-electron chi connectivity index (χ0n) is 12.5. The van der Waals surface area contributed by atoms with Crippen LogP contribution in [0.25, 0.3) is 0 Å². The molecule has 0 radical (unpaired) electrons. The van der Waals surface area contributed by atoms with Crippen molar-refractivity contribution in [3.05, 3.63) is 35.4 Å². The number of hydrogen-bond acceptors (Lipinski definition) is 2. The van der Waals surface area contributed by atoms with Gasteiger partial charge in [0, 0.05) is 25.7 Å². The second kappa shape index (κ2) is 5.16. The molecular weight excluding hydrogens is 244 g/mol. The molecule has 0 aliphatic heterocycles. The Morgan fingerprint density at radius 2 is 2.05 bits per heavy atom. The quantitative estimate of drug-likeness (QED) is 0.855. The van der Waals surface area contributed by atoms with E-state index in [0.29, 0.717) is 0 Å². The van der Waals surface area contributed by atoms with Crippen LogP contribution in [0.15, 0.2) is 24.3 Å². The summed E-state index contributed by atoms with van der Waals surface area (Å²) in [5.41, 5.74) is 3.28. The molecular formula is C18H26N2. The van der Waals surface area contributed by atoms with Gasteiger partial charge in [-0.1, -0.05) is 24.3 Å². The van der Waals surface area contributed by atoms with E-state index in [4.69, 9.17) is 0 Å². The largest absolute Gasteiger partial charge is 0.313 e. The Morgan fingerprint density at radius 3 is 2.90 bits per heavy atom. The highest BCUT2D eigenvalue weighted by Crippen LogP contribution is 2.59. The summed E-state index contributed by atoms with van der Waals surface area (Å²) in [6, 6.07) is 9.98. The van der Waals surface area contributed by atoms with E-state index in [9.17, 15) is 0 Å². The number of likely N-dealkylation sites (N-methyl/N-ethyl adjacent to an activating group) is 1. The van der Waals surface area contributed by atoms with Gasteiger partial charge in [-0.15, -0.1) is 0 Å². The zero-order valence-corrected chi connectivity index (χ0v) is 12.5. The molecule has 1 aromatic rings. The minimum absolute atomic E-state index is 0.846. The highest BCUT2D eigenvalue weighted by Gasteiger charge is 2.52. The van der Waals surface area contributed by atoms with Gasteiger partial charge in [0.2, 0.25) is 0 Å². The average molecular weight is 270 g/mol. The second-order valence-corrected chi connectivity index (χ2v) is 7.08. The van der Waals surface area contributed by atoms with E-state index in [1.807, 2.05) is 0 Å². The lowest BCUT2D eigenvalue weighted by Gasteiger charge is -2.17. The number of nitrogens with zero attached hydrogens (tertiary/aromatic N) is 1. The molecule has 3 aliphatic carbocycles. The summed E-state index contributed by atoms with van der Waals surface area (Å²) in [6.07, 6.45) is 5.52. The van der Waals surface area contributed by atoms with Gasteiger partial charge in [0.1, 0.15) is 0 Å². The summed E-state index contributed by atoms with van der Waals surface area (Å²) in [5.74, 6) is 2.77. The van der Waals surface area contributed by atoms with Crippen LogP contribution in [0.5, 0.6) is 0 Å². The van der Waals surface area contributed by atoms with E-state index < -0.39 is 0 Å². The van der Waals surface area contributed by atoms with E-state index >= 15 is 0 Å². The Bertz CT molecular complexity index is 480. The maximum atomic E-state index is 3.62. The molecule has 0 amide bonds. The first-order valence-electron chi connectivity index (χ1n) is 8.32. The van der Waals surface area contributed by atoms with Crippen LogP contribution in [0.2, 0.25) is 0 Å². The van der Waals surface area contributed by atoms with Crippen molar-refractivity contribution in [1.82, 2.24) is 10.2 Å². The van der Waals surface area contributed by atoms with Crippen LogP contribution in [0.4, 0.5) is 0 Å². The van der Waals surface area contributed by atoms with Gasteiger partial charge in [-0.3, -0.25) is 0 Å². The van der Waals surface area contributed by atoms with Gasteiger partial charge in [0.25, 0.3) is 0 Å². The Balaban J connectivity index is 1.30. The highest BCUT2D eigenvalue weighted by molar-refractivity contribution is 5.39. The SMILES string of the molecule is CN(CCNC1CC1)CC1C2CCc3ccccc3C21. The van der Waals surface area contributed by atoms with Crippen LogP contribution < -0.4 is 5.32 Å². The molecule has 1 N–H and O–H groups in total. The van der Waals surface area contributed by atoms with Gasteiger partial charge < -0.3 is 10.2 Å². The average Bonchev–Trinajstić information content (AvgIpc) is 3.36. The zero-order chi connectivity index (χ0) is 13.5. The Hall–Kier alpha value is -0.860. The highest BCUT2D eigenvalue weighted by atomic mass is 15.1. The summed E-state index contributed by atoms with van der Waals surface area (Å²) in [5, 5.41) is 3.62. The number of aryl methyl sites for hydroxylation is 1.